The Morgan fingerprint density at radius 1 is 0.828 bits per heavy atom. The van der Waals surface area contributed by atoms with E-state index in [1.807, 2.05) is 78.9 Å². The number of aromatic amines is 1. The molecule has 0 spiro atoms. The van der Waals surface area contributed by atoms with Crippen molar-refractivity contribution in [2.45, 2.75) is 67.3 Å². The third kappa shape index (κ3) is 7.90. The van der Waals surface area contributed by atoms with Crippen molar-refractivity contribution in [1.82, 2.24) is 14.2 Å². The second-order valence-electron chi connectivity index (χ2n) is 14.6. The fourth-order valence-corrected chi connectivity index (χ4v) is 11.8. The first-order chi connectivity index (χ1) is 28.1. The van der Waals surface area contributed by atoms with Crippen LogP contribution < -0.4 is 20.7 Å². The summed E-state index contributed by atoms with van der Waals surface area (Å²) in [5.41, 5.74) is 0.616. The molecular weight excluding hydrogens is 782 g/mol. The number of aromatic nitrogens is 2. The number of aryl methyl sites for hydroxylation is 1. The zero-order valence-electron chi connectivity index (χ0n) is 32.4. The molecule has 8 rings (SSSR count). The molecule has 3 fully saturated rings. The molecule has 5 aromatic rings. The van der Waals surface area contributed by atoms with Gasteiger partial charge >= 0.3 is 5.69 Å². The van der Waals surface area contributed by atoms with E-state index in [1.165, 1.54) is 6.07 Å². The lowest BCUT2D eigenvalue weighted by Crippen LogP contribution is -2.39. The van der Waals surface area contributed by atoms with Crippen molar-refractivity contribution in [1.29, 1.82) is 0 Å². The van der Waals surface area contributed by atoms with Crippen molar-refractivity contribution in [2.75, 3.05) is 33.1 Å². The van der Waals surface area contributed by atoms with Gasteiger partial charge in [0.25, 0.3) is 14.1 Å². The molecule has 1 N–H and O–H groups in total. The van der Waals surface area contributed by atoms with Crippen LogP contribution in [0.25, 0.3) is 0 Å². The van der Waals surface area contributed by atoms with Gasteiger partial charge in [-0.3, -0.25) is 4.79 Å². The summed E-state index contributed by atoms with van der Waals surface area (Å²) in [5, 5.41) is 0. The van der Waals surface area contributed by atoms with Crippen LogP contribution >= 0.6 is 8.53 Å². The number of hydrogen-bond donors (Lipinski definition) is 1. The summed E-state index contributed by atoms with van der Waals surface area (Å²) in [4.78, 5) is 29.5. The lowest BCUT2D eigenvalue weighted by molar-refractivity contribution is -0.0925. The highest BCUT2D eigenvalue weighted by atomic mass is 32.2. The van der Waals surface area contributed by atoms with Crippen molar-refractivity contribution in [3.05, 3.63) is 158 Å². The first kappa shape index (κ1) is 40.1. The number of H-pyrrole nitrogens is 1. The molecule has 58 heavy (non-hydrogen) atoms. The van der Waals surface area contributed by atoms with Crippen LogP contribution in [0.4, 0.5) is 0 Å². The first-order valence-corrected chi connectivity index (χ1v) is 22.0. The molecule has 0 bridgehead atoms. The predicted octanol–water partition coefficient (Wildman–Crippen LogP) is 6.11. The molecule has 0 saturated carbocycles. The Morgan fingerprint density at radius 2 is 1.43 bits per heavy atom. The minimum absolute atomic E-state index is 0.0367. The average molecular weight is 828 g/mol. The van der Waals surface area contributed by atoms with Gasteiger partial charge < -0.3 is 33.0 Å². The minimum Gasteiger partial charge on any atom is -0.497 e. The third-order valence-electron chi connectivity index (χ3n) is 11.1. The number of fused-ring (bicyclic) bond motifs is 1. The van der Waals surface area contributed by atoms with Gasteiger partial charge in [-0.15, -0.1) is 0 Å². The van der Waals surface area contributed by atoms with E-state index in [-0.39, 0.29) is 29.7 Å². The van der Waals surface area contributed by atoms with E-state index in [9.17, 15) is 18.0 Å². The molecule has 0 radical (unpaired) electrons. The number of nitrogens with zero attached hydrogens (tertiary/aromatic N) is 2. The number of hydrogen-bond acceptors (Lipinski definition) is 11. The molecule has 1 aromatic heterocycles. The number of nitrogens with one attached hydrogen (secondary N) is 1. The molecule has 304 valence electrons. The van der Waals surface area contributed by atoms with Crippen LogP contribution in [-0.2, 0) is 34.0 Å². The lowest BCUT2D eigenvalue weighted by Gasteiger charge is -2.37. The summed E-state index contributed by atoms with van der Waals surface area (Å²) in [7, 11) is -2.16. The van der Waals surface area contributed by atoms with Crippen molar-refractivity contribution in [3.8, 4) is 11.5 Å². The number of methoxy groups -OCH3 is 2. The Morgan fingerprint density at radius 3 is 2.03 bits per heavy atom. The van der Waals surface area contributed by atoms with Gasteiger partial charge in [-0.05, 0) is 72.9 Å². The van der Waals surface area contributed by atoms with Crippen LogP contribution in [0.1, 0.15) is 47.9 Å². The Kier molecular flexibility index (Phi) is 11.7. The van der Waals surface area contributed by atoms with E-state index in [1.54, 1.807) is 51.5 Å². The zero-order valence-corrected chi connectivity index (χ0v) is 34.1. The second-order valence-corrected chi connectivity index (χ2v) is 18.1. The van der Waals surface area contributed by atoms with Gasteiger partial charge in [0, 0.05) is 30.8 Å². The molecule has 0 unspecified atom stereocenters. The molecule has 15 heteroatoms. The van der Waals surface area contributed by atoms with Gasteiger partial charge in [0.15, 0.2) is 9.84 Å². The summed E-state index contributed by atoms with van der Waals surface area (Å²) in [6.07, 6.45) is -1.32. The van der Waals surface area contributed by atoms with Gasteiger partial charge in [-0.2, -0.15) is 0 Å². The largest absolute Gasteiger partial charge is 0.497 e. The van der Waals surface area contributed by atoms with Crippen molar-refractivity contribution in [3.63, 3.8) is 0 Å². The van der Waals surface area contributed by atoms with Crippen LogP contribution in [0.2, 0.25) is 0 Å². The molecule has 3 saturated heterocycles. The third-order valence-corrected chi connectivity index (χ3v) is 14.6. The summed E-state index contributed by atoms with van der Waals surface area (Å²) in [5.74, 6) is 1.17. The van der Waals surface area contributed by atoms with E-state index in [2.05, 4.69) is 9.65 Å². The van der Waals surface area contributed by atoms with Gasteiger partial charge in [-0.1, -0.05) is 72.8 Å². The van der Waals surface area contributed by atoms with E-state index in [0.29, 0.717) is 23.7 Å². The van der Waals surface area contributed by atoms with E-state index in [0.717, 1.165) is 34.1 Å². The molecule has 4 aromatic carbocycles. The molecule has 13 nitrogen and oxygen atoms in total. The summed E-state index contributed by atoms with van der Waals surface area (Å²) in [6.45, 7) is 2.29. The predicted molar refractivity (Wildman–Crippen MR) is 218 cm³/mol. The highest BCUT2D eigenvalue weighted by Crippen LogP contribution is 2.58. The topological polar surface area (TPSA) is 148 Å². The van der Waals surface area contributed by atoms with Crippen molar-refractivity contribution >= 4 is 18.4 Å². The van der Waals surface area contributed by atoms with Crippen LogP contribution in [0, 0.1) is 6.92 Å². The quantitative estimate of drug-likeness (QED) is 0.102. The number of benzene rings is 4. The molecule has 3 aliphatic rings. The van der Waals surface area contributed by atoms with Crippen LogP contribution in [0.15, 0.2) is 130 Å². The zero-order chi connectivity index (χ0) is 40.4. The number of sulfone groups is 1. The Labute approximate surface area is 338 Å². The first-order valence-electron chi connectivity index (χ1n) is 19.2. The Balaban J connectivity index is 1.15. The summed E-state index contributed by atoms with van der Waals surface area (Å²) >= 11 is 0. The molecule has 6 atom stereocenters. The standard InChI is InChI=1S/C43H46N3O10PS/c1-29-25-40(47)46(42(48)44-29)41-26-37(55-57-45-24-10-15-36(45)39(56-57)28-58(49,50)35-13-8-5-9-14-35)38(54-41)27-53-43(30-11-6-4-7-12-30,31-16-20-33(51-2)21-17-31)32-18-22-34(52-3)23-19-32/h4-9,11-14,16-23,25,36-39,41H,10,15,24,26-28H2,1-3H3,(H,44,48)/t36-,37-,38+,39+,41-,57+/m0/s1. The maximum Gasteiger partial charge on any atom is 0.330 e. The van der Waals surface area contributed by atoms with E-state index < -0.39 is 59.8 Å². The molecular formula is C43H46N3O10PS. The smallest absolute Gasteiger partial charge is 0.330 e. The molecule has 0 aliphatic carbocycles. The normalized spacial score (nSPS) is 23.5. The highest BCUT2D eigenvalue weighted by molar-refractivity contribution is 7.91. The molecule has 4 heterocycles. The maximum atomic E-state index is 13.5. The van der Waals surface area contributed by atoms with Crippen molar-refractivity contribution in [2.24, 2.45) is 0 Å². The van der Waals surface area contributed by atoms with Gasteiger partial charge in [-0.25, -0.2) is 22.4 Å². The minimum atomic E-state index is -3.65. The van der Waals surface area contributed by atoms with Gasteiger partial charge in [0.1, 0.15) is 29.4 Å². The lowest BCUT2D eigenvalue weighted by atomic mass is 9.80. The SMILES string of the molecule is COc1ccc(C(OC[C@H]2O[C@H](n3c(=O)cc(C)[nH]c3=O)C[C@@H]2O[P@]2O[C@H](CS(=O)(=O)c3ccccc3)[C@@H]3CCCN32)(c2ccccc2)c2ccc(OC)cc2)cc1. The summed E-state index contributed by atoms with van der Waals surface area (Å²) < 4.78 is 68.5. The van der Waals surface area contributed by atoms with Crippen LogP contribution in [0.5, 0.6) is 11.5 Å². The fraction of sp³-hybridized carbons (Fsp3) is 0.349. The van der Waals surface area contributed by atoms with Gasteiger partial charge in [0.05, 0.1) is 43.7 Å². The molecule has 3 aliphatic heterocycles. The highest BCUT2D eigenvalue weighted by Gasteiger charge is 2.51. The summed E-state index contributed by atoms with van der Waals surface area (Å²) in [6, 6.07) is 34.8. The fourth-order valence-electron chi connectivity index (χ4n) is 8.18. The number of ether oxygens (including phenoxy) is 4. The van der Waals surface area contributed by atoms with E-state index >= 15 is 0 Å². The van der Waals surface area contributed by atoms with Crippen molar-refractivity contribution < 1.29 is 36.4 Å². The van der Waals surface area contributed by atoms with Gasteiger partial charge in [0.2, 0.25) is 0 Å². The number of rotatable bonds is 14. The molecule has 0 amide bonds. The van der Waals surface area contributed by atoms with Crippen LogP contribution in [0.3, 0.4) is 0 Å². The Bertz CT molecular complexity index is 2340. The maximum absolute atomic E-state index is 13.5. The monoisotopic (exact) mass is 827 g/mol. The average Bonchev–Trinajstić information content (AvgIpc) is 3.96. The second kappa shape index (κ2) is 16.9. The van der Waals surface area contributed by atoms with Crippen LogP contribution in [-0.4, -0.2) is 80.1 Å². The van der Waals surface area contributed by atoms with E-state index in [4.69, 9.17) is 28.0 Å². The Hall–Kier alpha value is -4.66.